The maximum absolute atomic E-state index is 2.25. The average Bonchev–Trinajstić information content (AvgIpc) is 2.34. The summed E-state index contributed by atoms with van der Waals surface area (Å²) in [6, 6.07) is 0. The van der Waals surface area contributed by atoms with Gasteiger partial charge in [0.15, 0.2) is 0 Å². The van der Waals surface area contributed by atoms with E-state index in [-0.39, 0.29) is 20.3 Å². The van der Waals surface area contributed by atoms with Crippen molar-refractivity contribution in [3.8, 4) is 0 Å². The van der Waals surface area contributed by atoms with Gasteiger partial charge >= 0.3 is 18.9 Å². The Morgan fingerprint density at radius 3 is 2.90 bits per heavy atom. The van der Waals surface area contributed by atoms with Crippen LogP contribution in [0.5, 0.6) is 0 Å². The molecule has 1 heteroatoms. The minimum absolute atomic E-state index is 0. The predicted molar refractivity (Wildman–Crippen MR) is 42.5 cm³/mol. The van der Waals surface area contributed by atoms with E-state index in [1.165, 1.54) is 25.7 Å². The van der Waals surface area contributed by atoms with Crippen LogP contribution in [0.3, 0.4) is 0 Å². The number of unbranched alkanes of at least 4 members (excludes halogenated alkanes) is 1. The van der Waals surface area contributed by atoms with Gasteiger partial charge in [-0.25, -0.2) is 0 Å². The molecule has 0 aromatic heterocycles. The molecular formula is C9H15Li. The van der Waals surface area contributed by atoms with Crippen molar-refractivity contribution in [1.29, 1.82) is 0 Å². The van der Waals surface area contributed by atoms with Crippen molar-refractivity contribution >= 4 is 0 Å². The molecule has 10 heavy (non-hydrogen) atoms. The first kappa shape index (κ1) is 10.1. The Morgan fingerprint density at radius 1 is 1.60 bits per heavy atom. The standard InChI is InChI=1S/C9H14.Li.H/c1-2-3-6-9-7-4-5-8-9;;/h4-5,7H,2-3,6,8H2,1H3;;/q;+1;-1. The molecule has 0 unspecified atom stereocenters. The van der Waals surface area contributed by atoms with E-state index in [1.807, 2.05) is 0 Å². The maximum atomic E-state index is 2.25. The third kappa shape index (κ3) is 3.30. The van der Waals surface area contributed by atoms with Crippen molar-refractivity contribution in [3.63, 3.8) is 0 Å². The summed E-state index contributed by atoms with van der Waals surface area (Å²) < 4.78 is 0. The van der Waals surface area contributed by atoms with Crippen molar-refractivity contribution < 1.29 is 20.3 Å². The quantitative estimate of drug-likeness (QED) is 0.478. The van der Waals surface area contributed by atoms with Gasteiger partial charge in [-0.15, -0.1) is 0 Å². The molecule has 1 aliphatic rings. The third-order valence-electron chi connectivity index (χ3n) is 1.70. The summed E-state index contributed by atoms with van der Waals surface area (Å²) in [5, 5.41) is 0. The summed E-state index contributed by atoms with van der Waals surface area (Å²) in [7, 11) is 0. The van der Waals surface area contributed by atoms with Gasteiger partial charge in [-0.2, -0.15) is 0 Å². The minimum atomic E-state index is 0. The van der Waals surface area contributed by atoms with Gasteiger partial charge in [0.25, 0.3) is 0 Å². The number of rotatable bonds is 3. The van der Waals surface area contributed by atoms with Crippen LogP contribution in [0.15, 0.2) is 23.8 Å². The maximum Gasteiger partial charge on any atom is 1.00 e. The molecule has 0 amide bonds. The first-order valence-corrected chi connectivity index (χ1v) is 3.78. The van der Waals surface area contributed by atoms with E-state index in [4.69, 9.17) is 0 Å². The third-order valence-corrected chi connectivity index (χ3v) is 1.70. The molecule has 0 aromatic rings. The van der Waals surface area contributed by atoms with E-state index in [0.29, 0.717) is 0 Å². The van der Waals surface area contributed by atoms with Crippen LogP contribution in [0.1, 0.15) is 34.0 Å². The number of hydrogen-bond acceptors (Lipinski definition) is 0. The number of allylic oxidation sites excluding steroid dienone is 4. The van der Waals surface area contributed by atoms with Crippen molar-refractivity contribution in [1.82, 2.24) is 0 Å². The monoisotopic (exact) mass is 130 g/mol. The Bertz CT molecular complexity index is 138. The summed E-state index contributed by atoms with van der Waals surface area (Å²) in [6.07, 6.45) is 11.8. The molecule has 0 saturated heterocycles. The zero-order valence-electron chi connectivity index (χ0n) is 8.06. The summed E-state index contributed by atoms with van der Waals surface area (Å²) >= 11 is 0. The normalized spacial score (nSPS) is 14.7. The van der Waals surface area contributed by atoms with Crippen molar-refractivity contribution in [2.75, 3.05) is 0 Å². The topological polar surface area (TPSA) is 0 Å². The molecule has 52 valence electrons. The number of hydrogen-bond donors (Lipinski definition) is 0. The van der Waals surface area contributed by atoms with E-state index in [0.717, 1.165) is 0 Å². The molecule has 0 N–H and O–H groups in total. The van der Waals surface area contributed by atoms with Crippen LogP contribution in [-0.4, -0.2) is 0 Å². The van der Waals surface area contributed by atoms with Gasteiger partial charge in [-0.3, -0.25) is 0 Å². The Labute approximate surface area is 77.1 Å². The fourth-order valence-electron chi connectivity index (χ4n) is 1.08. The molecule has 0 bridgehead atoms. The summed E-state index contributed by atoms with van der Waals surface area (Å²) in [5.41, 5.74) is 1.61. The smallest absolute Gasteiger partial charge is 1.00 e. The first-order chi connectivity index (χ1) is 4.43. The second-order valence-electron chi connectivity index (χ2n) is 2.56. The molecule has 0 spiro atoms. The van der Waals surface area contributed by atoms with Gasteiger partial charge in [0.2, 0.25) is 0 Å². The average molecular weight is 130 g/mol. The van der Waals surface area contributed by atoms with Crippen LogP contribution in [0.4, 0.5) is 0 Å². The fraction of sp³-hybridized carbons (Fsp3) is 0.556. The van der Waals surface area contributed by atoms with E-state index in [2.05, 4.69) is 25.2 Å². The van der Waals surface area contributed by atoms with Crippen LogP contribution < -0.4 is 18.9 Å². The van der Waals surface area contributed by atoms with Crippen LogP contribution in [-0.2, 0) is 0 Å². The summed E-state index contributed by atoms with van der Waals surface area (Å²) in [4.78, 5) is 0. The molecule has 0 radical (unpaired) electrons. The van der Waals surface area contributed by atoms with E-state index in [1.54, 1.807) is 5.57 Å². The van der Waals surface area contributed by atoms with Gasteiger partial charge in [0, 0.05) is 0 Å². The molecular weight excluding hydrogens is 115 g/mol. The van der Waals surface area contributed by atoms with Gasteiger partial charge < -0.3 is 1.43 Å². The Morgan fingerprint density at radius 2 is 2.40 bits per heavy atom. The van der Waals surface area contributed by atoms with Crippen molar-refractivity contribution in [2.45, 2.75) is 32.6 Å². The molecule has 1 rings (SSSR count). The van der Waals surface area contributed by atoms with Gasteiger partial charge in [-0.05, 0) is 19.3 Å². The fourth-order valence-corrected chi connectivity index (χ4v) is 1.08. The second kappa shape index (κ2) is 5.83. The van der Waals surface area contributed by atoms with Gasteiger partial charge in [-0.1, -0.05) is 37.1 Å². The van der Waals surface area contributed by atoms with Crippen molar-refractivity contribution in [2.24, 2.45) is 0 Å². The Balaban J connectivity index is 0. The Kier molecular flexibility index (Phi) is 5.88. The van der Waals surface area contributed by atoms with Crippen LogP contribution in [0.25, 0.3) is 0 Å². The van der Waals surface area contributed by atoms with Crippen molar-refractivity contribution in [3.05, 3.63) is 23.8 Å². The van der Waals surface area contributed by atoms with Gasteiger partial charge in [0.1, 0.15) is 0 Å². The molecule has 0 heterocycles. The summed E-state index contributed by atoms with van der Waals surface area (Å²) in [6.45, 7) is 2.24. The second-order valence-corrected chi connectivity index (χ2v) is 2.56. The first-order valence-electron chi connectivity index (χ1n) is 3.78. The van der Waals surface area contributed by atoms with Crippen LogP contribution >= 0.6 is 0 Å². The molecule has 0 atom stereocenters. The zero-order valence-corrected chi connectivity index (χ0v) is 7.06. The zero-order chi connectivity index (χ0) is 6.53. The van der Waals surface area contributed by atoms with Gasteiger partial charge in [0.05, 0.1) is 0 Å². The predicted octanol–water partition coefficient (Wildman–Crippen LogP) is 0.179. The molecule has 0 fully saturated rings. The minimum Gasteiger partial charge on any atom is -1.00 e. The van der Waals surface area contributed by atoms with E-state index >= 15 is 0 Å². The van der Waals surface area contributed by atoms with Crippen LogP contribution in [0.2, 0.25) is 0 Å². The summed E-state index contributed by atoms with van der Waals surface area (Å²) in [5.74, 6) is 0. The van der Waals surface area contributed by atoms with E-state index < -0.39 is 0 Å². The molecule has 0 saturated carbocycles. The van der Waals surface area contributed by atoms with Crippen LogP contribution in [0, 0.1) is 0 Å². The molecule has 0 aliphatic heterocycles. The Hall–Kier alpha value is 0.0774. The molecule has 0 nitrogen and oxygen atoms in total. The van der Waals surface area contributed by atoms with E-state index in [9.17, 15) is 0 Å². The largest absolute Gasteiger partial charge is 1.00 e. The SMILES string of the molecule is CCCCC1=CC=CC1.[H-].[Li+]. The molecule has 0 aromatic carbocycles. The molecule has 1 aliphatic carbocycles.